The molecule has 0 spiro atoms. The predicted octanol–water partition coefficient (Wildman–Crippen LogP) is 4.30. The van der Waals surface area contributed by atoms with Gasteiger partial charge in [-0.05, 0) is 31.2 Å². The highest BCUT2D eigenvalue weighted by atomic mass is 35.5. The molecule has 7 nitrogen and oxygen atoms in total. The van der Waals surface area contributed by atoms with Crippen molar-refractivity contribution >= 4 is 29.4 Å². The number of hydrogen-bond donors (Lipinski definition) is 0. The third kappa shape index (κ3) is 6.65. The van der Waals surface area contributed by atoms with Crippen molar-refractivity contribution in [3.63, 3.8) is 0 Å². The maximum Gasteiger partial charge on any atom is 0.417 e. The van der Waals surface area contributed by atoms with Crippen molar-refractivity contribution in [1.29, 1.82) is 0 Å². The van der Waals surface area contributed by atoms with Gasteiger partial charge in [-0.15, -0.1) is 0 Å². The summed E-state index contributed by atoms with van der Waals surface area (Å²) in [4.78, 5) is 34.5. The maximum absolute atomic E-state index is 13.1. The van der Waals surface area contributed by atoms with Gasteiger partial charge in [-0.2, -0.15) is 13.2 Å². The molecule has 11 heteroatoms. The van der Waals surface area contributed by atoms with Crippen molar-refractivity contribution in [2.24, 2.45) is 11.8 Å². The van der Waals surface area contributed by atoms with E-state index in [2.05, 4.69) is 4.98 Å². The fraction of sp³-hybridized carbons (Fsp3) is 0.682. The lowest BCUT2D eigenvalue weighted by atomic mass is 9.95. The molecular formula is C22H30ClF3N4O3. The SMILES string of the molecule is CC(C)COC(=O)N1CCCN(C(=O)C2CCN(c3ncc(C(F)(F)F)cc3Cl)CC2)CC1. The number of hydrogen-bond acceptors (Lipinski definition) is 5. The van der Waals surface area contributed by atoms with E-state index in [4.69, 9.17) is 16.3 Å². The molecule has 2 aliphatic heterocycles. The molecule has 0 saturated carbocycles. The first-order valence-corrected chi connectivity index (χ1v) is 11.6. The molecule has 33 heavy (non-hydrogen) atoms. The van der Waals surface area contributed by atoms with Crippen LogP contribution in [0.3, 0.4) is 0 Å². The average Bonchev–Trinajstić information content (AvgIpc) is 3.03. The highest BCUT2D eigenvalue weighted by Gasteiger charge is 2.34. The zero-order valence-corrected chi connectivity index (χ0v) is 19.7. The number of nitrogens with zero attached hydrogens (tertiary/aromatic N) is 4. The summed E-state index contributed by atoms with van der Waals surface area (Å²) in [5.41, 5.74) is -0.885. The van der Waals surface area contributed by atoms with E-state index in [0.29, 0.717) is 71.0 Å². The van der Waals surface area contributed by atoms with Gasteiger partial charge >= 0.3 is 12.3 Å². The smallest absolute Gasteiger partial charge is 0.417 e. The summed E-state index contributed by atoms with van der Waals surface area (Å²) in [5, 5.41) is -0.0495. The third-order valence-corrected chi connectivity index (χ3v) is 6.18. The highest BCUT2D eigenvalue weighted by Crippen LogP contribution is 2.34. The van der Waals surface area contributed by atoms with Gasteiger partial charge in [0.05, 0.1) is 17.2 Å². The Hall–Kier alpha value is -2.23. The summed E-state index contributed by atoms with van der Waals surface area (Å²) in [6, 6.07) is 0.885. The van der Waals surface area contributed by atoms with Crippen LogP contribution in [-0.4, -0.2) is 72.7 Å². The van der Waals surface area contributed by atoms with Crippen molar-refractivity contribution in [3.05, 3.63) is 22.8 Å². The number of piperidine rings is 1. The Morgan fingerprint density at radius 2 is 1.76 bits per heavy atom. The predicted molar refractivity (Wildman–Crippen MR) is 118 cm³/mol. The molecule has 3 rings (SSSR count). The van der Waals surface area contributed by atoms with Crippen LogP contribution in [0.2, 0.25) is 5.02 Å². The van der Waals surface area contributed by atoms with Gasteiger partial charge in [0.25, 0.3) is 0 Å². The number of rotatable bonds is 4. The summed E-state index contributed by atoms with van der Waals surface area (Å²) < 4.78 is 43.8. The maximum atomic E-state index is 13.1. The molecule has 0 unspecified atom stereocenters. The van der Waals surface area contributed by atoms with Gasteiger partial charge in [0, 0.05) is 51.4 Å². The van der Waals surface area contributed by atoms with Crippen LogP contribution in [0.4, 0.5) is 23.8 Å². The minimum Gasteiger partial charge on any atom is -0.449 e. The van der Waals surface area contributed by atoms with Crippen LogP contribution in [0.25, 0.3) is 0 Å². The standard InChI is InChI=1S/C22H30ClF3N4O3/c1-15(2)14-33-21(32)30-7-3-6-29(10-11-30)20(31)16-4-8-28(9-5-16)19-18(23)12-17(13-27-19)22(24,25)26/h12-13,15-16H,3-11,14H2,1-2H3. The lowest BCUT2D eigenvalue weighted by Crippen LogP contribution is -2.44. The first kappa shape index (κ1) is 25.4. The van der Waals surface area contributed by atoms with E-state index in [1.54, 1.807) is 9.80 Å². The Morgan fingerprint density at radius 1 is 1.12 bits per heavy atom. The first-order chi connectivity index (χ1) is 15.6. The van der Waals surface area contributed by atoms with Crippen LogP contribution in [-0.2, 0) is 15.7 Å². The second kappa shape index (κ2) is 10.8. The third-order valence-electron chi connectivity index (χ3n) is 5.90. The molecule has 0 aromatic carbocycles. The van der Waals surface area contributed by atoms with Crippen molar-refractivity contribution in [1.82, 2.24) is 14.8 Å². The summed E-state index contributed by atoms with van der Waals surface area (Å²) >= 11 is 6.06. The molecule has 2 aliphatic rings. The zero-order valence-electron chi connectivity index (χ0n) is 18.9. The normalized spacial score (nSPS) is 18.5. The molecule has 0 atom stereocenters. The number of amides is 2. The molecular weight excluding hydrogens is 461 g/mol. The van der Waals surface area contributed by atoms with Crippen molar-refractivity contribution in [2.75, 3.05) is 50.8 Å². The number of halogens is 4. The first-order valence-electron chi connectivity index (χ1n) is 11.2. The van der Waals surface area contributed by atoms with Crippen LogP contribution < -0.4 is 4.90 Å². The number of ether oxygens (including phenoxy) is 1. The van der Waals surface area contributed by atoms with E-state index < -0.39 is 11.7 Å². The van der Waals surface area contributed by atoms with Crippen LogP contribution in [0.5, 0.6) is 0 Å². The van der Waals surface area contributed by atoms with Gasteiger partial charge in [0.2, 0.25) is 5.91 Å². The van der Waals surface area contributed by atoms with Gasteiger partial charge in [0.15, 0.2) is 0 Å². The van der Waals surface area contributed by atoms with E-state index in [1.807, 2.05) is 18.7 Å². The number of pyridine rings is 1. The van der Waals surface area contributed by atoms with Gasteiger partial charge in [-0.3, -0.25) is 4.79 Å². The molecule has 2 fully saturated rings. The Morgan fingerprint density at radius 3 is 2.36 bits per heavy atom. The summed E-state index contributed by atoms with van der Waals surface area (Å²) in [6.07, 6.45) is -2.24. The molecule has 0 radical (unpaired) electrons. The number of aromatic nitrogens is 1. The number of carbonyl (C=O) groups excluding carboxylic acids is 2. The molecule has 2 amide bonds. The molecule has 1 aromatic rings. The van der Waals surface area contributed by atoms with Gasteiger partial charge in [-0.1, -0.05) is 25.4 Å². The summed E-state index contributed by atoms with van der Waals surface area (Å²) in [7, 11) is 0. The Kier molecular flexibility index (Phi) is 8.31. The van der Waals surface area contributed by atoms with E-state index in [1.165, 1.54) is 0 Å². The Labute approximate surface area is 196 Å². The molecule has 0 aliphatic carbocycles. The number of carbonyl (C=O) groups is 2. The van der Waals surface area contributed by atoms with Crippen LogP contribution >= 0.6 is 11.6 Å². The Balaban J connectivity index is 1.52. The second-order valence-electron chi connectivity index (χ2n) is 8.93. The van der Waals surface area contributed by atoms with Gasteiger partial charge < -0.3 is 19.4 Å². The molecule has 0 bridgehead atoms. The fourth-order valence-corrected chi connectivity index (χ4v) is 4.35. The minimum atomic E-state index is -4.50. The zero-order chi connectivity index (χ0) is 24.2. The summed E-state index contributed by atoms with van der Waals surface area (Å²) in [5.74, 6) is 0.450. The lowest BCUT2D eigenvalue weighted by molar-refractivity contribution is -0.138. The summed E-state index contributed by atoms with van der Waals surface area (Å²) in [6.45, 7) is 7.32. The fourth-order valence-electron chi connectivity index (χ4n) is 4.06. The highest BCUT2D eigenvalue weighted by molar-refractivity contribution is 6.33. The van der Waals surface area contributed by atoms with Gasteiger partial charge in [-0.25, -0.2) is 9.78 Å². The molecule has 184 valence electrons. The number of anilines is 1. The van der Waals surface area contributed by atoms with Crippen LogP contribution in [0.15, 0.2) is 12.3 Å². The van der Waals surface area contributed by atoms with Crippen LogP contribution in [0, 0.1) is 11.8 Å². The van der Waals surface area contributed by atoms with Crippen molar-refractivity contribution < 1.29 is 27.5 Å². The van der Waals surface area contributed by atoms with Crippen molar-refractivity contribution in [3.8, 4) is 0 Å². The molecule has 0 N–H and O–H groups in total. The van der Waals surface area contributed by atoms with E-state index in [-0.39, 0.29) is 28.9 Å². The monoisotopic (exact) mass is 490 g/mol. The van der Waals surface area contributed by atoms with E-state index in [9.17, 15) is 22.8 Å². The topological polar surface area (TPSA) is 66.0 Å². The lowest BCUT2D eigenvalue weighted by Gasteiger charge is -2.35. The van der Waals surface area contributed by atoms with E-state index in [0.717, 1.165) is 12.3 Å². The molecule has 2 saturated heterocycles. The van der Waals surface area contributed by atoms with Gasteiger partial charge in [0.1, 0.15) is 5.82 Å². The molecule has 3 heterocycles. The largest absolute Gasteiger partial charge is 0.449 e. The average molecular weight is 491 g/mol. The quantitative estimate of drug-likeness (QED) is 0.629. The number of alkyl halides is 3. The Bertz CT molecular complexity index is 845. The van der Waals surface area contributed by atoms with Crippen molar-refractivity contribution in [2.45, 2.75) is 39.3 Å². The van der Waals surface area contributed by atoms with E-state index >= 15 is 0 Å². The molecule has 1 aromatic heterocycles. The minimum absolute atomic E-state index is 0.0495. The second-order valence-corrected chi connectivity index (χ2v) is 9.33. The van der Waals surface area contributed by atoms with Crippen LogP contribution in [0.1, 0.15) is 38.7 Å².